The van der Waals surface area contributed by atoms with Gasteiger partial charge >= 0.3 is 0 Å². The zero-order valence-corrected chi connectivity index (χ0v) is 27.8. The van der Waals surface area contributed by atoms with Crippen molar-refractivity contribution in [2.75, 3.05) is 32.1 Å². The Morgan fingerprint density at radius 1 is 1.09 bits per heavy atom. The molecule has 0 aliphatic carbocycles. The van der Waals surface area contributed by atoms with Crippen molar-refractivity contribution in [3.8, 4) is 17.6 Å². The fourth-order valence-corrected chi connectivity index (χ4v) is 8.12. The highest BCUT2D eigenvalue weighted by Crippen LogP contribution is 2.56. The van der Waals surface area contributed by atoms with Crippen molar-refractivity contribution < 1.29 is 27.1 Å². The Labute approximate surface area is 275 Å². The monoisotopic (exact) mass is 655 g/mol. The van der Waals surface area contributed by atoms with Gasteiger partial charge in [-0.3, -0.25) is 14.6 Å². The SMILES string of the molecule is COc1ccc(S(=O)(=O)N2C(=O)C(c3cc(CN(C)C(C)C)ccc3OC)(N3CCCC3c3ncco3)c3cc(C#N)ccc32)cc1. The second-order valence-electron chi connectivity index (χ2n) is 12.1. The van der Waals surface area contributed by atoms with Crippen LogP contribution in [0.3, 0.4) is 0 Å². The maximum absolute atomic E-state index is 15.5. The average molecular weight is 656 g/mol. The van der Waals surface area contributed by atoms with Crippen LogP contribution in [0, 0.1) is 11.3 Å². The minimum Gasteiger partial charge on any atom is -0.497 e. The molecule has 4 aromatic rings. The second-order valence-corrected chi connectivity index (χ2v) is 13.9. The third-order valence-electron chi connectivity index (χ3n) is 9.21. The lowest BCUT2D eigenvalue weighted by Crippen LogP contribution is -2.54. The molecule has 11 nitrogen and oxygen atoms in total. The zero-order valence-electron chi connectivity index (χ0n) is 27.0. The van der Waals surface area contributed by atoms with Gasteiger partial charge in [-0.1, -0.05) is 6.07 Å². The first-order chi connectivity index (χ1) is 22.6. The van der Waals surface area contributed by atoms with Gasteiger partial charge in [-0.2, -0.15) is 5.26 Å². The number of anilines is 1. The van der Waals surface area contributed by atoms with E-state index in [9.17, 15) is 13.7 Å². The van der Waals surface area contributed by atoms with Gasteiger partial charge in [0, 0.05) is 30.3 Å². The number of methoxy groups -OCH3 is 2. The van der Waals surface area contributed by atoms with E-state index < -0.39 is 27.5 Å². The van der Waals surface area contributed by atoms with E-state index in [1.807, 2.05) is 30.1 Å². The molecule has 1 fully saturated rings. The van der Waals surface area contributed by atoms with E-state index in [4.69, 9.17) is 13.9 Å². The number of carbonyl (C=O) groups is 1. The number of fused-ring (bicyclic) bond motifs is 1. The molecule has 1 aromatic heterocycles. The number of aromatic nitrogens is 1. The van der Waals surface area contributed by atoms with Crippen LogP contribution in [0.4, 0.5) is 5.69 Å². The number of hydrogen-bond donors (Lipinski definition) is 0. The lowest BCUT2D eigenvalue weighted by molar-refractivity contribution is -0.127. The summed E-state index contributed by atoms with van der Waals surface area (Å²) in [5, 5.41) is 10.0. The van der Waals surface area contributed by atoms with Crippen LogP contribution in [0.5, 0.6) is 11.5 Å². The van der Waals surface area contributed by atoms with E-state index in [-0.39, 0.29) is 22.2 Å². The molecule has 1 amide bonds. The summed E-state index contributed by atoms with van der Waals surface area (Å²) in [6.07, 6.45) is 4.35. The Kier molecular flexibility index (Phi) is 8.57. The van der Waals surface area contributed by atoms with Crippen LogP contribution in [0.2, 0.25) is 0 Å². The van der Waals surface area contributed by atoms with Crippen molar-refractivity contribution in [1.82, 2.24) is 14.8 Å². The largest absolute Gasteiger partial charge is 0.497 e. The Hall–Kier alpha value is -4.70. The topological polar surface area (TPSA) is 129 Å². The van der Waals surface area contributed by atoms with E-state index in [1.54, 1.807) is 12.3 Å². The van der Waals surface area contributed by atoms with Gasteiger partial charge in [-0.05, 0) is 93.9 Å². The number of benzene rings is 3. The predicted octanol–water partition coefficient (Wildman–Crippen LogP) is 5.22. The molecule has 2 unspecified atom stereocenters. The normalized spacial score (nSPS) is 19.7. The summed E-state index contributed by atoms with van der Waals surface area (Å²) in [5.41, 5.74) is 0.465. The van der Waals surface area contributed by atoms with Crippen LogP contribution in [-0.4, -0.2) is 63.0 Å². The van der Waals surface area contributed by atoms with Crippen molar-refractivity contribution in [3.05, 3.63) is 101 Å². The maximum Gasteiger partial charge on any atom is 0.271 e. The van der Waals surface area contributed by atoms with E-state index >= 15 is 4.79 Å². The molecule has 12 heteroatoms. The van der Waals surface area contributed by atoms with Crippen molar-refractivity contribution in [2.24, 2.45) is 0 Å². The average Bonchev–Trinajstić information content (AvgIpc) is 3.83. The third-order valence-corrected chi connectivity index (χ3v) is 10.9. The van der Waals surface area contributed by atoms with Crippen molar-refractivity contribution in [3.63, 3.8) is 0 Å². The number of rotatable bonds is 10. The second kappa shape index (κ2) is 12.5. The molecule has 0 N–H and O–H groups in total. The van der Waals surface area contributed by atoms with Gasteiger partial charge in [0.1, 0.15) is 17.8 Å². The van der Waals surface area contributed by atoms with Gasteiger partial charge in [0.05, 0.1) is 48.7 Å². The molecule has 244 valence electrons. The molecular weight excluding hydrogens is 618 g/mol. The molecule has 6 rings (SSSR count). The summed E-state index contributed by atoms with van der Waals surface area (Å²) in [6.45, 7) is 5.18. The minimum absolute atomic E-state index is 0.0808. The summed E-state index contributed by atoms with van der Waals surface area (Å²) < 4.78 is 47.0. The Morgan fingerprint density at radius 3 is 2.49 bits per heavy atom. The lowest BCUT2D eigenvalue weighted by Gasteiger charge is -2.41. The van der Waals surface area contributed by atoms with Crippen LogP contribution in [0.15, 0.2) is 82.4 Å². The number of amides is 1. The third kappa shape index (κ3) is 5.24. The van der Waals surface area contributed by atoms with Gasteiger partial charge < -0.3 is 13.9 Å². The maximum atomic E-state index is 15.5. The summed E-state index contributed by atoms with van der Waals surface area (Å²) in [5.74, 6) is 0.594. The Balaban J connectivity index is 1.67. The molecule has 1 saturated heterocycles. The van der Waals surface area contributed by atoms with Gasteiger partial charge in [-0.15, -0.1) is 0 Å². The number of carbonyl (C=O) groups excluding carboxylic acids is 1. The summed E-state index contributed by atoms with van der Waals surface area (Å²) in [7, 11) is 0.580. The van der Waals surface area contributed by atoms with E-state index in [0.717, 1.165) is 9.87 Å². The van der Waals surface area contributed by atoms with Crippen LogP contribution in [-0.2, 0) is 26.9 Å². The summed E-state index contributed by atoms with van der Waals surface area (Å²) >= 11 is 0. The number of likely N-dealkylation sites (tertiary alicyclic amines) is 1. The molecule has 3 heterocycles. The molecule has 2 aliphatic heterocycles. The van der Waals surface area contributed by atoms with Crippen molar-refractivity contribution in [2.45, 2.75) is 55.8 Å². The molecule has 2 aliphatic rings. The Morgan fingerprint density at radius 2 is 1.85 bits per heavy atom. The number of hydrogen-bond acceptors (Lipinski definition) is 10. The van der Waals surface area contributed by atoms with Gasteiger partial charge in [0.25, 0.3) is 15.9 Å². The smallest absolute Gasteiger partial charge is 0.271 e. The van der Waals surface area contributed by atoms with E-state index in [2.05, 4.69) is 29.8 Å². The van der Waals surface area contributed by atoms with Gasteiger partial charge in [0.2, 0.25) is 5.89 Å². The first kappa shape index (κ1) is 32.2. The molecule has 0 spiro atoms. The van der Waals surface area contributed by atoms with Crippen LogP contribution >= 0.6 is 0 Å². The molecule has 47 heavy (non-hydrogen) atoms. The number of nitriles is 1. The molecule has 0 radical (unpaired) electrons. The fourth-order valence-electron chi connectivity index (χ4n) is 6.66. The number of sulfonamides is 1. The summed E-state index contributed by atoms with van der Waals surface area (Å²) in [6, 6.07) is 18.2. The van der Waals surface area contributed by atoms with E-state index in [1.165, 1.54) is 56.9 Å². The number of nitrogens with zero attached hydrogens (tertiary/aromatic N) is 5. The highest BCUT2D eigenvalue weighted by Gasteiger charge is 2.62. The molecule has 2 atom stereocenters. The Bertz CT molecular complexity index is 1940. The van der Waals surface area contributed by atoms with Crippen LogP contribution in [0.1, 0.15) is 60.9 Å². The molecule has 3 aromatic carbocycles. The summed E-state index contributed by atoms with van der Waals surface area (Å²) in [4.78, 5) is 24.0. The number of oxazole rings is 1. The van der Waals surface area contributed by atoms with Gasteiger partial charge in [-0.25, -0.2) is 17.7 Å². The fraction of sp³-hybridized carbons (Fsp3) is 0.343. The number of ether oxygens (including phenoxy) is 2. The van der Waals surface area contributed by atoms with E-state index in [0.29, 0.717) is 54.4 Å². The molecule has 0 bridgehead atoms. The molecule has 0 saturated carbocycles. The quantitative estimate of drug-likeness (QED) is 0.224. The predicted molar refractivity (Wildman–Crippen MR) is 174 cm³/mol. The zero-order chi connectivity index (χ0) is 33.5. The molecular formula is C35H37N5O6S. The van der Waals surface area contributed by atoms with Gasteiger partial charge in [0.15, 0.2) is 5.54 Å². The van der Waals surface area contributed by atoms with Crippen molar-refractivity contribution in [1.29, 1.82) is 5.26 Å². The van der Waals surface area contributed by atoms with Crippen LogP contribution in [0.25, 0.3) is 0 Å². The highest BCUT2D eigenvalue weighted by molar-refractivity contribution is 7.93. The first-order valence-corrected chi connectivity index (χ1v) is 16.8. The highest BCUT2D eigenvalue weighted by atomic mass is 32.2. The van der Waals surface area contributed by atoms with Crippen molar-refractivity contribution >= 4 is 21.6 Å². The standard InChI is InChI=1S/C35H37N5O6S/c1-23(2)38(3)22-25-9-15-32(45-5)29(20-25)35(39-17-6-7-31(39)33-37-16-18-46-33)28-19-24(21-36)8-14-30(28)40(34(35)41)47(42,43)27-12-10-26(44-4)11-13-27/h8-16,18-20,23,31H,6-7,17,22H2,1-5H3. The van der Waals surface area contributed by atoms with Crippen LogP contribution < -0.4 is 13.8 Å². The minimum atomic E-state index is -4.46. The lowest BCUT2D eigenvalue weighted by atomic mass is 9.79. The first-order valence-electron chi connectivity index (χ1n) is 15.4.